The lowest BCUT2D eigenvalue weighted by Crippen LogP contribution is -2.13. The number of methoxy groups -OCH3 is 1. The molecular formula is C20H19N5O2S. The highest BCUT2D eigenvalue weighted by atomic mass is 32.1. The molecular weight excluding hydrogens is 374 g/mol. The van der Waals surface area contributed by atoms with Crippen LogP contribution in [-0.2, 0) is 6.42 Å². The summed E-state index contributed by atoms with van der Waals surface area (Å²) in [7, 11) is 1.57. The van der Waals surface area contributed by atoms with Gasteiger partial charge in [-0.2, -0.15) is 9.61 Å². The van der Waals surface area contributed by atoms with Crippen LogP contribution in [0.4, 0.5) is 5.69 Å². The molecule has 0 aliphatic carbocycles. The average molecular weight is 393 g/mol. The molecule has 0 atom stereocenters. The first kappa shape index (κ1) is 18.1. The number of amides is 1. The van der Waals surface area contributed by atoms with Gasteiger partial charge in [0.15, 0.2) is 5.82 Å². The largest absolute Gasteiger partial charge is 0.496 e. The lowest BCUT2D eigenvalue weighted by Gasteiger charge is -2.11. The number of nitrogens with one attached hydrogen (secondary N) is 1. The summed E-state index contributed by atoms with van der Waals surface area (Å²) in [6, 6.07) is 13.1. The van der Waals surface area contributed by atoms with Gasteiger partial charge < -0.3 is 10.1 Å². The first-order valence-corrected chi connectivity index (χ1v) is 9.69. The molecule has 2 aromatic heterocycles. The highest BCUT2D eigenvalue weighted by Crippen LogP contribution is 2.28. The van der Waals surface area contributed by atoms with E-state index in [1.807, 2.05) is 50.2 Å². The van der Waals surface area contributed by atoms with Gasteiger partial charge in [0.1, 0.15) is 10.8 Å². The highest BCUT2D eigenvalue weighted by molar-refractivity contribution is 7.19. The maximum absolute atomic E-state index is 12.6. The Hall–Kier alpha value is -3.26. The number of carbonyl (C=O) groups is 1. The van der Waals surface area contributed by atoms with E-state index in [0.29, 0.717) is 17.0 Å². The number of carbonyl (C=O) groups excluding carboxylic acids is 1. The fourth-order valence-electron chi connectivity index (χ4n) is 2.99. The van der Waals surface area contributed by atoms with Crippen molar-refractivity contribution in [2.45, 2.75) is 20.3 Å². The number of rotatable bonds is 5. The first-order chi connectivity index (χ1) is 13.6. The molecule has 1 N–H and O–H groups in total. The maximum atomic E-state index is 12.6. The molecule has 2 aromatic carbocycles. The average Bonchev–Trinajstić information content (AvgIpc) is 3.29. The van der Waals surface area contributed by atoms with Gasteiger partial charge in [0, 0.05) is 17.7 Å². The van der Waals surface area contributed by atoms with Gasteiger partial charge in [0.05, 0.1) is 12.7 Å². The lowest BCUT2D eigenvalue weighted by atomic mass is 10.1. The minimum Gasteiger partial charge on any atom is -0.496 e. The van der Waals surface area contributed by atoms with E-state index in [0.717, 1.165) is 33.3 Å². The number of fused-ring (bicyclic) bond motifs is 1. The first-order valence-electron chi connectivity index (χ1n) is 8.87. The molecule has 2 heterocycles. The Morgan fingerprint density at radius 3 is 2.68 bits per heavy atom. The zero-order valence-electron chi connectivity index (χ0n) is 15.8. The standard InChI is InChI=1S/C20H19N5O2S/c1-4-16-22-23-20-25(16)24-19(28-20)13-8-10-14(11-9-13)21-18(26)15-7-5-6-12(2)17(15)27-3/h5-11H,4H2,1-3H3,(H,21,26). The number of para-hydroxylation sites is 1. The van der Waals surface area contributed by atoms with E-state index < -0.39 is 0 Å². The molecule has 28 heavy (non-hydrogen) atoms. The molecule has 1 amide bonds. The number of aryl methyl sites for hydroxylation is 2. The highest BCUT2D eigenvalue weighted by Gasteiger charge is 2.15. The van der Waals surface area contributed by atoms with Crippen LogP contribution in [0.25, 0.3) is 15.5 Å². The molecule has 0 bridgehead atoms. The summed E-state index contributed by atoms with van der Waals surface area (Å²) in [5, 5.41) is 16.6. The van der Waals surface area contributed by atoms with Gasteiger partial charge >= 0.3 is 0 Å². The molecule has 4 rings (SSSR count). The van der Waals surface area contributed by atoms with Crippen LogP contribution in [0.15, 0.2) is 42.5 Å². The predicted octanol–water partition coefficient (Wildman–Crippen LogP) is 3.98. The summed E-state index contributed by atoms with van der Waals surface area (Å²) >= 11 is 1.48. The second kappa shape index (κ2) is 7.40. The zero-order valence-corrected chi connectivity index (χ0v) is 16.6. The second-order valence-corrected chi connectivity index (χ2v) is 7.21. The third kappa shape index (κ3) is 3.22. The molecule has 0 aliphatic heterocycles. The maximum Gasteiger partial charge on any atom is 0.259 e. The van der Waals surface area contributed by atoms with Gasteiger partial charge in [-0.3, -0.25) is 4.79 Å². The van der Waals surface area contributed by atoms with Crippen molar-refractivity contribution >= 4 is 27.9 Å². The quantitative estimate of drug-likeness (QED) is 0.555. The molecule has 0 spiro atoms. The molecule has 0 saturated heterocycles. The van der Waals surface area contributed by atoms with Crippen LogP contribution in [0.3, 0.4) is 0 Å². The zero-order chi connectivity index (χ0) is 19.7. The Morgan fingerprint density at radius 1 is 1.18 bits per heavy atom. The van der Waals surface area contributed by atoms with Crippen LogP contribution in [-0.4, -0.2) is 32.8 Å². The van der Waals surface area contributed by atoms with E-state index in [1.165, 1.54) is 11.3 Å². The van der Waals surface area contributed by atoms with Crippen molar-refractivity contribution in [3.05, 3.63) is 59.4 Å². The Bertz CT molecular complexity index is 1150. The molecule has 0 radical (unpaired) electrons. The van der Waals surface area contributed by atoms with Gasteiger partial charge in [-0.25, -0.2) is 0 Å². The van der Waals surface area contributed by atoms with Gasteiger partial charge in [-0.15, -0.1) is 10.2 Å². The molecule has 0 saturated carbocycles. The van der Waals surface area contributed by atoms with Crippen LogP contribution in [0.1, 0.15) is 28.7 Å². The van der Waals surface area contributed by atoms with Crippen molar-refractivity contribution in [1.29, 1.82) is 0 Å². The number of ether oxygens (including phenoxy) is 1. The van der Waals surface area contributed by atoms with Gasteiger partial charge in [-0.1, -0.05) is 30.4 Å². The molecule has 142 valence electrons. The molecule has 4 aromatic rings. The Morgan fingerprint density at radius 2 is 1.96 bits per heavy atom. The minimum atomic E-state index is -0.209. The molecule has 8 heteroatoms. The number of anilines is 1. The van der Waals surface area contributed by atoms with Crippen LogP contribution >= 0.6 is 11.3 Å². The van der Waals surface area contributed by atoms with E-state index in [1.54, 1.807) is 17.7 Å². The Kier molecular flexibility index (Phi) is 4.79. The van der Waals surface area contributed by atoms with Crippen molar-refractivity contribution in [3.63, 3.8) is 0 Å². The lowest BCUT2D eigenvalue weighted by molar-refractivity contribution is 0.102. The van der Waals surface area contributed by atoms with Crippen molar-refractivity contribution in [2.24, 2.45) is 0 Å². The third-order valence-corrected chi connectivity index (χ3v) is 5.37. The molecule has 7 nitrogen and oxygen atoms in total. The molecule has 0 aliphatic rings. The van der Waals surface area contributed by atoms with E-state index >= 15 is 0 Å². The van der Waals surface area contributed by atoms with Crippen LogP contribution in [0, 0.1) is 6.92 Å². The normalized spacial score (nSPS) is 11.0. The van der Waals surface area contributed by atoms with Gasteiger partial charge in [0.25, 0.3) is 5.91 Å². The summed E-state index contributed by atoms with van der Waals surface area (Å²) in [4.78, 5) is 13.4. The van der Waals surface area contributed by atoms with E-state index in [4.69, 9.17) is 4.74 Å². The van der Waals surface area contributed by atoms with Crippen LogP contribution in [0.5, 0.6) is 5.75 Å². The minimum absolute atomic E-state index is 0.209. The summed E-state index contributed by atoms with van der Waals surface area (Å²) in [5.74, 6) is 1.22. The van der Waals surface area contributed by atoms with Crippen molar-refractivity contribution in [2.75, 3.05) is 12.4 Å². The van der Waals surface area contributed by atoms with Crippen molar-refractivity contribution < 1.29 is 9.53 Å². The fourth-order valence-corrected chi connectivity index (χ4v) is 3.86. The second-order valence-electron chi connectivity index (χ2n) is 6.26. The summed E-state index contributed by atoms with van der Waals surface area (Å²) in [6.45, 7) is 3.94. The number of hydrogen-bond acceptors (Lipinski definition) is 6. The topological polar surface area (TPSA) is 81.4 Å². The monoisotopic (exact) mass is 393 g/mol. The Labute approximate surface area is 166 Å². The summed E-state index contributed by atoms with van der Waals surface area (Å²) in [6.07, 6.45) is 0.776. The Balaban J connectivity index is 1.55. The third-order valence-electron chi connectivity index (χ3n) is 4.42. The number of nitrogens with zero attached hydrogens (tertiary/aromatic N) is 4. The van der Waals surface area contributed by atoms with E-state index in [2.05, 4.69) is 20.6 Å². The smallest absolute Gasteiger partial charge is 0.259 e. The van der Waals surface area contributed by atoms with Crippen LogP contribution < -0.4 is 10.1 Å². The number of hydrogen-bond donors (Lipinski definition) is 1. The SMILES string of the molecule is CCc1nnc2sc(-c3ccc(NC(=O)c4cccc(C)c4OC)cc3)nn12. The van der Waals surface area contributed by atoms with E-state index in [-0.39, 0.29) is 5.91 Å². The predicted molar refractivity (Wildman–Crippen MR) is 109 cm³/mol. The fraction of sp³-hybridized carbons (Fsp3) is 0.200. The number of aromatic nitrogens is 4. The van der Waals surface area contributed by atoms with Gasteiger partial charge in [0.2, 0.25) is 4.96 Å². The number of benzene rings is 2. The molecule has 0 unspecified atom stereocenters. The summed E-state index contributed by atoms with van der Waals surface area (Å²) < 4.78 is 7.15. The summed E-state index contributed by atoms with van der Waals surface area (Å²) in [5.41, 5.74) is 3.09. The molecule has 0 fully saturated rings. The van der Waals surface area contributed by atoms with Crippen LogP contribution in [0.2, 0.25) is 0 Å². The van der Waals surface area contributed by atoms with E-state index in [9.17, 15) is 4.79 Å². The van der Waals surface area contributed by atoms with Crippen molar-refractivity contribution in [3.8, 4) is 16.3 Å². The van der Waals surface area contributed by atoms with Crippen molar-refractivity contribution in [1.82, 2.24) is 19.8 Å². The van der Waals surface area contributed by atoms with Gasteiger partial charge in [-0.05, 0) is 42.8 Å².